The molecule has 4 N–H and O–H groups in total. The lowest BCUT2D eigenvalue weighted by Crippen LogP contribution is -2.16. The van der Waals surface area contributed by atoms with Crippen molar-refractivity contribution < 1.29 is 34.2 Å². The van der Waals surface area contributed by atoms with Gasteiger partial charge in [-0.05, 0) is 6.42 Å². The molecule has 0 radical (unpaired) electrons. The monoisotopic (exact) mass is 212 g/mol. The molecule has 0 aliphatic carbocycles. The highest BCUT2D eigenvalue weighted by Crippen LogP contribution is 2.41. The minimum Gasteiger partial charge on any atom is -0.476 e. The topological polar surface area (TPSA) is 132 Å². The SMILES string of the molecule is O=C(O)C(=O)CCC(O)P(=O)(O)O. The Morgan fingerprint density at radius 2 is 1.77 bits per heavy atom. The summed E-state index contributed by atoms with van der Waals surface area (Å²) in [4.78, 5) is 37.0. The first-order valence-electron chi connectivity index (χ1n) is 3.24. The van der Waals surface area contributed by atoms with Crippen molar-refractivity contribution in [3.8, 4) is 0 Å². The molecule has 0 aromatic heterocycles. The Hall–Kier alpha value is -0.750. The lowest BCUT2D eigenvalue weighted by atomic mass is 10.2. The molecule has 0 aromatic rings. The third-order valence-corrected chi connectivity index (χ3v) is 2.29. The molecule has 7 nitrogen and oxygen atoms in total. The predicted octanol–water partition coefficient (Wildman–Crippen LogP) is -1.08. The van der Waals surface area contributed by atoms with Crippen molar-refractivity contribution in [2.45, 2.75) is 18.7 Å². The second-order valence-electron chi connectivity index (χ2n) is 2.34. The Morgan fingerprint density at radius 1 is 1.31 bits per heavy atom. The van der Waals surface area contributed by atoms with Crippen LogP contribution in [0.3, 0.4) is 0 Å². The van der Waals surface area contributed by atoms with Crippen molar-refractivity contribution in [2.24, 2.45) is 0 Å². The average Bonchev–Trinajstić information content (AvgIpc) is 1.97. The highest BCUT2D eigenvalue weighted by Gasteiger charge is 2.27. The normalized spacial score (nSPS) is 13.8. The Morgan fingerprint density at radius 3 is 2.08 bits per heavy atom. The first kappa shape index (κ1) is 12.2. The van der Waals surface area contributed by atoms with Crippen molar-refractivity contribution in [3.63, 3.8) is 0 Å². The fourth-order valence-corrected chi connectivity index (χ4v) is 1.00. The summed E-state index contributed by atoms with van der Waals surface area (Å²) in [6.45, 7) is 0. The van der Waals surface area contributed by atoms with Gasteiger partial charge in [0.2, 0.25) is 5.78 Å². The maximum Gasteiger partial charge on any atom is 0.372 e. The van der Waals surface area contributed by atoms with Crippen molar-refractivity contribution in [1.82, 2.24) is 0 Å². The van der Waals surface area contributed by atoms with E-state index < -0.39 is 38.0 Å². The molecule has 8 heteroatoms. The highest BCUT2D eigenvalue weighted by molar-refractivity contribution is 7.52. The predicted molar refractivity (Wildman–Crippen MR) is 39.9 cm³/mol. The Balaban J connectivity index is 3.98. The summed E-state index contributed by atoms with van der Waals surface area (Å²) >= 11 is 0. The van der Waals surface area contributed by atoms with Crippen LogP contribution in [-0.2, 0) is 14.2 Å². The molecular formula is C5H9O7P. The van der Waals surface area contributed by atoms with E-state index in [1.54, 1.807) is 0 Å². The van der Waals surface area contributed by atoms with Gasteiger partial charge >= 0.3 is 13.6 Å². The van der Waals surface area contributed by atoms with Gasteiger partial charge in [-0.3, -0.25) is 9.36 Å². The maximum atomic E-state index is 10.4. The minimum atomic E-state index is -4.63. The lowest BCUT2D eigenvalue weighted by Gasteiger charge is -2.10. The number of carbonyl (C=O) groups excluding carboxylic acids is 1. The third-order valence-electron chi connectivity index (χ3n) is 1.26. The summed E-state index contributed by atoms with van der Waals surface area (Å²) in [5.41, 5.74) is 0. The average molecular weight is 212 g/mol. The fourth-order valence-electron chi connectivity index (χ4n) is 0.535. The van der Waals surface area contributed by atoms with E-state index in [9.17, 15) is 14.2 Å². The number of carboxylic acid groups (broad SMARTS) is 1. The van der Waals surface area contributed by atoms with Crippen molar-refractivity contribution in [1.29, 1.82) is 0 Å². The molecule has 0 spiro atoms. The molecule has 76 valence electrons. The zero-order valence-electron chi connectivity index (χ0n) is 6.45. The second kappa shape index (κ2) is 4.48. The van der Waals surface area contributed by atoms with Crippen LogP contribution in [0.4, 0.5) is 0 Å². The van der Waals surface area contributed by atoms with Gasteiger partial charge < -0.3 is 20.0 Å². The third kappa shape index (κ3) is 4.74. The molecular weight excluding hydrogens is 203 g/mol. The number of carbonyl (C=O) groups is 2. The number of hydrogen-bond acceptors (Lipinski definition) is 4. The van der Waals surface area contributed by atoms with Crippen LogP contribution in [0.1, 0.15) is 12.8 Å². The van der Waals surface area contributed by atoms with E-state index >= 15 is 0 Å². The van der Waals surface area contributed by atoms with Gasteiger partial charge in [-0.1, -0.05) is 0 Å². The molecule has 0 aromatic carbocycles. The number of aliphatic hydroxyl groups excluding tert-OH is 1. The standard InChI is InChI=1S/C5H9O7P/c6-3(5(8)9)1-2-4(7)13(10,11)12/h4,7H,1-2H2,(H,8,9)(H2,10,11,12). The maximum absolute atomic E-state index is 10.4. The Bertz CT molecular complexity index is 254. The molecule has 1 unspecified atom stereocenters. The summed E-state index contributed by atoms with van der Waals surface area (Å²) in [5, 5.41) is 16.8. The summed E-state index contributed by atoms with van der Waals surface area (Å²) < 4.78 is 10.3. The first-order valence-corrected chi connectivity index (χ1v) is 4.92. The van der Waals surface area contributed by atoms with E-state index in [4.69, 9.17) is 20.0 Å². The van der Waals surface area contributed by atoms with Gasteiger partial charge in [0.05, 0.1) is 0 Å². The number of aliphatic carboxylic acids is 1. The molecule has 1 atom stereocenters. The number of hydrogen-bond donors (Lipinski definition) is 4. The molecule has 0 aliphatic heterocycles. The molecule has 13 heavy (non-hydrogen) atoms. The van der Waals surface area contributed by atoms with Crippen molar-refractivity contribution >= 4 is 19.3 Å². The molecule has 0 rings (SSSR count). The van der Waals surface area contributed by atoms with Crippen LogP contribution < -0.4 is 0 Å². The van der Waals surface area contributed by atoms with Crippen LogP contribution in [0.25, 0.3) is 0 Å². The molecule has 0 fully saturated rings. The summed E-state index contributed by atoms with van der Waals surface area (Å²) in [6, 6.07) is 0. The van der Waals surface area contributed by atoms with Gasteiger partial charge in [0, 0.05) is 6.42 Å². The van der Waals surface area contributed by atoms with Crippen LogP contribution in [0.2, 0.25) is 0 Å². The van der Waals surface area contributed by atoms with Gasteiger partial charge in [-0.15, -0.1) is 0 Å². The van der Waals surface area contributed by atoms with E-state index in [0.717, 1.165) is 0 Å². The zero-order valence-corrected chi connectivity index (χ0v) is 7.35. The second-order valence-corrected chi connectivity index (χ2v) is 4.11. The van der Waals surface area contributed by atoms with Crippen molar-refractivity contribution in [3.05, 3.63) is 0 Å². The van der Waals surface area contributed by atoms with Gasteiger partial charge in [-0.2, -0.15) is 0 Å². The summed E-state index contributed by atoms with van der Waals surface area (Å²) in [6.07, 6.45) is -1.16. The van der Waals surface area contributed by atoms with E-state index in [1.165, 1.54) is 0 Å². The van der Waals surface area contributed by atoms with Gasteiger partial charge in [-0.25, -0.2) is 4.79 Å². The minimum absolute atomic E-state index is 0.560. The summed E-state index contributed by atoms with van der Waals surface area (Å²) in [5.74, 6) is -4.85. The molecule has 0 amide bonds. The Kier molecular flexibility index (Phi) is 4.22. The summed E-state index contributed by atoms with van der Waals surface area (Å²) in [7, 11) is -4.63. The number of ketones is 1. The first-order chi connectivity index (χ1) is 5.75. The van der Waals surface area contributed by atoms with Crippen LogP contribution in [0.15, 0.2) is 0 Å². The van der Waals surface area contributed by atoms with E-state index in [1.807, 2.05) is 0 Å². The van der Waals surface area contributed by atoms with E-state index in [2.05, 4.69) is 0 Å². The van der Waals surface area contributed by atoms with Crippen LogP contribution in [0.5, 0.6) is 0 Å². The van der Waals surface area contributed by atoms with Crippen molar-refractivity contribution in [2.75, 3.05) is 0 Å². The van der Waals surface area contributed by atoms with Gasteiger partial charge in [0.25, 0.3) is 0 Å². The zero-order chi connectivity index (χ0) is 10.6. The smallest absolute Gasteiger partial charge is 0.372 e. The molecule has 0 heterocycles. The Labute approximate surface area is 73.2 Å². The molecule has 0 aliphatic rings. The molecule has 0 bridgehead atoms. The van der Waals surface area contributed by atoms with Gasteiger partial charge in [0.15, 0.2) is 5.85 Å². The number of rotatable bonds is 5. The highest BCUT2D eigenvalue weighted by atomic mass is 31.2. The number of carboxylic acids is 1. The van der Waals surface area contributed by atoms with Crippen LogP contribution >= 0.6 is 7.60 Å². The molecule has 0 saturated heterocycles. The van der Waals surface area contributed by atoms with Crippen LogP contribution in [-0.4, -0.2) is 37.6 Å². The van der Waals surface area contributed by atoms with Gasteiger partial charge in [0.1, 0.15) is 0 Å². The number of Topliss-reactive ketones (excluding diaryl/α,β-unsaturated/α-hetero) is 1. The quantitative estimate of drug-likeness (QED) is 0.336. The fraction of sp³-hybridized carbons (Fsp3) is 0.600. The van der Waals surface area contributed by atoms with E-state index in [-0.39, 0.29) is 0 Å². The van der Waals surface area contributed by atoms with Crippen LogP contribution in [0, 0.1) is 0 Å². The van der Waals surface area contributed by atoms with E-state index in [0.29, 0.717) is 0 Å². The number of aliphatic hydroxyl groups is 1. The molecule has 0 saturated carbocycles. The lowest BCUT2D eigenvalue weighted by molar-refractivity contribution is -0.149. The largest absolute Gasteiger partial charge is 0.476 e.